The molecule has 0 saturated heterocycles. The van der Waals surface area contributed by atoms with Gasteiger partial charge >= 0.3 is 0 Å². The van der Waals surface area contributed by atoms with Crippen LogP contribution in [0.15, 0.2) is 85.1 Å². The summed E-state index contributed by atoms with van der Waals surface area (Å²) in [6.45, 7) is 2.14. The molecule has 5 aromatic rings. The van der Waals surface area contributed by atoms with Crippen molar-refractivity contribution >= 4 is 21.5 Å². The Balaban J connectivity index is 0.00000205. The summed E-state index contributed by atoms with van der Waals surface area (Å²) in [5.74, 6) is 0. The number of benzene rings is 4. The fourth-order valence-corrected chi connectivity index (χ4v) is 3.97. The van der Waals surface area contributed by atoms with Crippen LogP contribution < -0.4 is 4.57 Å². The molecular weight excluding hydrogens is 427 g/mol. The first-order valence-corrected chi connectivity index (χ1v) is 9.53. The molecule has 137 valence electrons. The molecule has 0 aliphatic rings. The van der Waals surface area contributed by atoms with E-state index < -0.39 is 0 Å². The quantitative estimate of drug-likeness (QED) is 0.176. The predicted octanol–water partition coefficient (Wildman–Crippen LogP) is 6.06. The monoisotopic (exact) mass is 447 g/mol. The van der Waals surface area contributed by atoms with Gasteiger partial charge in [0.15, 0.2) is 6.20 Å². The Morgan fingerprint density at radius 1 is 0.759 bits per heavy atom. The molecule has 29 heavy (non-hydrogen) atoms. The van der Waals surface area contributed by atoms with Gasteiger partial charge in [-0.2, -0.15) is 29.8 Å². The Labute approximate surface area is 196 Å². The van der Waals surface area contributed by atoms with Crippen LogP contribution in [0, 0.1) is 19.1 Å². The average molecular weight is 447 g/mol. The third-order valence-corrected chi connectivity index (χ3v) is 5.44. The SMILES string of the molecule is Cc1ccc(-c2[c-]ccc3ccc4ccccc4c23)[c-]c1-c1cccc[n+]1C.[Y]. The maximum atomic E-state index is 3.69. The number of rotatable bonds is 2. The third-order valence-electron chi connectivity index (χ3n) is 5.44. The zero-order chi connectivity index (χ0) is 19.1. The molecule has 0 aliphatic heterocycles. The first-order valence-electron chi connectivity index (χ1n) is 9.53. The van der Waals surface area contributed by atoms with E-state index in [9.17, 15) is 0 Å². The molecule has 0 fully saturated rings. The van der Waals surface area contributed by atoms with E-state index >= 15 is 0 Å². The summed E-state index contributed by atoms with van der Waals surface area (Å²) in [6.07, 6.45) is 2.08. The third kappa shape index (κ3) is 3.54. The minimum atomic E-state index is 0. The second-order valence-corrected chi connectivity index (χ2v) is 7.23. The Bertz CT molecular complexity index is 1340. The number of hydrogen-bond acceptors (Lipinski definition) is 0. The normalized spacial score (nSPS) is 10.8. The van der Waals surface area contributed by atoms with Gasteiger partial charge in [0, 0.05) is 38.8 Å². The van der Waals surface area contributed by atoms with Gasteiger partial charge < -0.3 is 0 Å². The van der Waals surface area contributed by atoms with Crippen molar-refractivity contribution in [3.63, 3.8) is 0 Å². The molecule has 1 aromatic heterocycles. The van der Waals surface area contributed by atoms with Gasteiger partial charge in [0.1, 0.15) is 12.7 Å². The fraction of sp³-hybridized carbons (Fsp3) is 0.0741. The topological polar surface area (TPSA) is 3.88 Å². The van der Waals surface area contributed by atoms with Crippen LogP contribution in [0.25, 0.3) is 43.9 Å². The van der Waals surface area contributed by atoms with Gasteiger partial charge in [-0.15, -0.1) is 28.5 Å². The minimum absolute atomic E-state index is 0. The van der Waals surface area contributed by atoms with Crippen molar-refractivity contribution in [2.45, 2.75) is 6.92 Å². The second kappa shape index (κ2) is 8.18. The van der Waals surface area contributed by atoms with Crippen LogP contribution in [0.1, 0.15) is 5.56 Å². The van der Waals surface area contributed by atoms with Gasteiger partial charge in [-0.1, -0.05) is 60.3 Å². The molecule has 5 rings (SSSR count). The summed E-state index contributed by atoms with van der Waals surface area (Å²) in [6, 6.07) is 34.9. The van der Waals surface area contributed by atoms with Crippen LogP contribution in [0.2, 0.25) is 0 Å². The van der Waals surface area contributed by atoms with Crippen molar-refractivity contribution in [1.82, 2.24) is 0 Å². The zero-order valence-electron chi connectivity index (χ0n) is 16.6. The summed E-state index contributed by atoms with van der Waals surface area (Å²) in [5, 5.41) is 4.97. The van der Waals surface area contributed by atoms with Gasteiger partial charge in [0.05, 0.1) is 0 Å². The standard InChI is InChI=1S/C27H20N.Y/c1-19-13-14-22(18-25(19)26-12-5-6-17-28(26)2)24-11-7-9-21-16-15-20-8-3-4-10-23(20)27(21)24;/h3-10,12-17H,1-2H3;/q-1;. The number of hydrogen-bond donors (Lipinski definition) is 0. The summed E-state index contributed by atoms with van der Waals surface area (Å²) in [7, 11) is 2.08. The number of aryl methyl sites for hydroxylation is 2. The van der Waals surface area contributed by atoms with Crippen molar-refractivity contribution < 1.29 is 37.3 Å². The van der Waals surface area contributed by atoms with E-state index in [1.54, 1.807) is 0 Å². The van der Waals surface area contributed by atoms with Crippen molar-refractivity contribution in [2.75, 3.05) is 0 Å². The van der Waals surface area contributed by atoms with E-state index in [0.29, 0.717) is 0 Å². The Morgan fingerprint density at radius 3 is 2.41 bits per heavy atom. The van der Waals surface area contributed by atoms with Crippen LogP contribution >= 0.6 is 0 Å². The summed E-state index contributed by atoms with van der Waals surface area (Å²) >= 11 is 0. The van der Waals surface area contributed by atoms with Crippen LogP contribution in [0.4, 0.5) is 0 Å². The Hall–Kier alpha value is -2.35. The molecule has 4 aromatic carbocycles. The van der Waals surface area contributed by atoms with Crippen molar-refractivity contribution in [1.29, 1.82) is 0 Å². The molecule has 0 amide bonds. The molecule has 0 atom stereocenters. The maximum absolute atomic E-state index is 3.69. The van der Waals surface area contributed by atoms with E-state index in [-0.39, 0.29) is 32.7 Å². The number of aromatic nitrogens is 1. The van der Waals surface area contributed by atoms with Crippen LogP contribution in [0.5, 0.6) is 0 Å². The van der Waals surface area contributed by atoms with Gasteiger partial charge in [0.25, 0.3) is 0 Å². The number of fused-ring (bicyclic) bond motifs is 3. The first kappa shape index (κ1) is 19.9. The predicted molar refractivity (Wildman–Crippen MR) is 116 cm³/mol. The van der Waals surface area contributed by atoms with Gasteiger partial charge in [-0.05, 0) is 11.5 Å². The molecule has 0 N–H and O–H groups in total. The summed E-state index contributed by atoms with van der Waals surface area (Å²) < 4.78 is 2.14. The van der Waals surface area contributed by atoms with E-state index in [4.69, 9.17) is 0 Å². The van der Waals surface area contributed by atoms with Crippen molar-refractivity contribution in [3.8, 4) is 22.4 Å². The Kier molecular flexibility index (Phi) is 5.63. The molecule has 0 aliphatic carbocycles. The maximum Gasteiger partial charge on any atom is 0.161 e. The molecule has 1 nitrogen and oxygen atoms in total. The largest absolute Gasteiger partial charge is 0.234 e. The zero-order valence-corrected chi connectivity index (χ0v) is 19.4. The molecule has 0 saturated carbocycles. The first-order chi connectivity index (χ1) is 13.7. The fourth-order valence-electron chi connectivity index (χ4n) is 3.97. The van der Waals surface area contributed by atoms with Crippen LogP contribution in [0.3, 0.4) is 0 Å². The molecule has 0 unspecified atom stereocenters. The van der Waals surface area contributed by atoms with Crippen molar-refractivity contribution in [2.24, 2.45) is 7.05 Å². The van der Waals surface area contributed by atoms with Gasteiger partial charge in [0.2, 0.25) is 0 Å². The number of pyridine rings is 1. The molecule has 0 spiro atoms. The van der Waals surface area contributed by atoms with Gasteiger partial charge in [-0.25, -0.2) is 10.1 Å². The van der Waals surface area contributed by atoms with Gasteiger partial charge in [-0.3, -0.25) is 0 Å². The van der Waals surface area contributed by atoms with E-state index in [0.717, 1.165) is 22.4 Å². The molecule has 1 radical (unpaired) electrons. The molecule has 2 heteroatoms. The number of nitrogens with zero attached hydrogens (tertiary/aromatic N) is 1. The molecule has 1 heterocycles. The second-order valence-electron chi connectivity index (χ2n) is 7.23. The van der Waals surface area contributed by atoms with Crippen molar-refractivity contribution in [3.05, 3.63) is 103 Å². The molecular formula is C27H20NY-. The summed E-state index contributed by atoms with van der Waals surface area (Å²) in [4.78, 5) is 0. The smallest absolute Gasteiger partial charge is 0.161 e. The minimum Gasteiger partial charge on any atom is -0.234 e. The average Bonchev–Trinajstić information content (AvgIpc) is 2.74. The summed E-state index contributed by atoms with van der Waals surface area (Å²) in [5.41, 5.74) is 5.69. The van der Waals surface area contributed by atoms with E-state index in [1.165, 1.54) is 27.1 Å². The molecule has 0 bridgehead atoms. The van der Waals surface area contributed by atoms with Crippen LogP contribution in [-0.2, 0) is 39.8 Å². The Morgan fingerprint density at radius 2 is 1.55 bits per heavy atom. The van der Waals surface area contributed by atoms with E-state index in [2.05, 4.69) is 104 Å². The van der Waals surface area contributed by atoms with Crippen LogP contribution in [-0.4, -0.2) is 0 Å². The van der Waals surface area contributed by atoms with E-state index in [1.807, 2.05) is 12.1 Å².